The van der Waals surface area contributed by atoms with Crippen LogP contribution in [0.15, 0.2) is 24.3 Å². The van der Waals surface area contributed by atoms with Crippen molar-refractivity contribution in [2.24, 2.45) is 0 Å². The number of nitrogens with zero attached hydrogens (tertiary/aromatic N) is 1. The Morgan fingerprint density at radius 3 is 2.68 bits per heavy atom. The molecule has 0 radical (unpaired) electrons. The van der Waals surface area contributed by atoms with Gasteiger partial charge in [0.05, 0.1) is 11.4 Å². The van der Waals surface area contributed by atoms with Crippen molar-refractivity contribution in [3.05, 3.63) is 35.4 Å². The van der Waals surface area contributed by atoms with Gasteiger partial charge in [-0.2, -0.15) is 0 Å². The van der Waals surface area contributed by atoms with Gasteiger partial charge < -0.3 is 5.11 Å². The minimum Gasteiger partial charge on any atom is -0.478 e. The molecule has 0 unspecified atom stereocenters. The lowest BCUT2D eigenvalue weighted by Gasteiger charge is -2.17. The average Bonchev–Trinajstić information content (AvgIpc) is 2.67. The van der Waals surface area contributed by atoms with Crippen molar-refractivity contribution in [3.63, 3.8) is 0 Å². The van der Waals surface area contributed by atoms with E-state index in [2.05, 4.69) is 0 Å². The van der Waals surface area contributed by atoms with E-state index >= 15 is 0 Å². The van der Waals surface area contributed by atoms with E-state index in [-0.39, 0.29) is 5.75 Å². The molecule has 1 N–H and O–H groups in total. The molecular weight excluding hydrogens is 266 g/mol. The molecule has 0 amide bonds. The zero-order valence-electron chi connectivity index (χ0n) is 10.5. The van der Waals surface area contributed by atoms with Gasteiger partial charge >= 0.3 is 5.97 Å². The normalized spacial score (nSPS) is 18.1. The van der Waals surface area contributed by atoms with Crippen LogP contribution in [0.2, 0.25) is 0 Å². The lowest BCUT2D eigenvalue weighted by atomic mass is 10.1. The highest BCUT2D eigenvalue weighted by atomic mass is 32.2. The number of sulfonamides is 1. The van der Waals surface area contributed by atoms with Gasteiger partial charge in [-0.15, -0.1) is 0 Å². The Bertz CT molecular complexity index is 634. The van der Waals surface area contributed by atoms with Crippen LogP contribution in [0.3, 0.4) is 0 Å². The number of benzene rings is 1. The summed E-state index contributed by atoms with van der Waals surface area (Å²) in [6, 6.07) is 5.21. The molecule has 0 saturated carbocycles. The van der Waals surface area contributed by atoms with E-state index in [0.29, 0.717) is 18.7 Å². The summed E-state index contributed by atoms with van der Waals surface area (Å²) >= 11 is 0. The van der Waals surface area contributed by atoms with Crippen molar-refractivity contribution in [1.82, 2.24) is 0 Å². The maximum absolute atomic E-state index is 11.8. The van der Waals surface area contributed by atoms with Crippen molar-refractivity contribution in [1.29, 1.82) is 0 Å². The Hall–Kier alpha value is -1.82. The number of carboxylic acids is 1. The number of aliphatic carboxylic acids is 1. The molecule has 5 nitrogen and oxygen atoms in total. The van der Waals surface area contributed by atoms with E-state index in [4.69, 9.17) is 5.11 Å². The van der Waals surface area contributed by atoms with Gasteiger partial charge in [0, 0.05) is 12.6 Å². The van der Waals surface area contributed by atoms with Gasteiger partial charge in [0.1, 0.15) is 0 Å². The van der Waals surface area contributed by atoms with Crippen LogP contribution in [0.25, 0.3) is 6.08 Å². The zero-order valence-corrected chi connectivity index (χ0v) is 11.4. The van der Waals surface area contributed by atoms with E-state index in [1.807, 2.05) is 6.92 Å². The summed E-state index contributed by atoms with van der Waals surface area (Å²) in [5.74, 6) is -0.821. The second kappa shape index (κ2) is 5.05. The van der Waals surface area contributed by atoms with E-state index in [1.54, 1.807) is 18.2 Å². The number of aryl methyl sites for hydroxylation is 1. The first-order valence-electron chi connectivity index (χ1n) is 5.92. The zero-order chi connectivity index (χ0) is 14.0. The Morgan fingerprint density at radius 2 is 2.16 bits per heavy atom. The summed E-state index contributed by atoms with van der Waals surface area (Å²) in [5, 5.41) is 8.59. The summed E-state index contributed by atoms with van der Waals surface area (Å²) < 4.78 is 25.0. The third kappa shape index (κ3) is 2.96. The topological polar surface area (TPSA) is 74.7 Å². The molecule has 1 aromatic carbocycles. The number of carbonyl (C=O) groups is 1. The molecule has 1 heterocycles. The van der Waals surface area contributed by atoms with Crippen LogP contribution in [-0.4, -0.2) is 31.8 Å². The van der Waals surface area contributed by atoms with Crippen LogP contribution >= 0.6 is 0 Å². The van der Waals surface area contributed by atoms with Gasteiger partial charge in [0.25, 0.3) is 0 Å². The van der Waals surface area contributed by atoms with Crippen molar-refractivity contribution in [3.8, 4) is 0 Å². The standard InChI is InChI=1S/C13H15NO4S/c1-10-9-12(14-7-2-8-19(14,17)18)5-3-11(10)4-6-13(15)16/h3-6,9H,2,7-8H2,1H3,(H,15,16)/b6-4+. The second-order valence-corrected chi connectivity index (χ2v) is 6.47. The molecule has 0 spiro atoms. The molecule has 102 valence electrons. The number of hydrogen-bond acceptors (Lipinski definition) is 3. The van der Waals surface area contributed by atoms with Crippen LogP contribution in [-0.2, 0) is 14.8 Å². The lowest BCUT2D eigenvalue weighted by molar-refractivity contribution is -0.131. The highest BCUT2D eigenvalue weighted by Crippen LogP contribution is 2.26. The Kier molecular flexibility index (Phi) is 3.61. The highest BCUT2D eigenvalue weighted by molar-refractivity contribution is 7.93. The van der Waals surface area contributed by atoms with Crippen molar-refractivity contribution in [2.75, 3.05) is 16.6 Å². The molecule has 1 aliphatic rings. The monoisotopic (exact) mass is 281 g/mol. The predicted octanol–water partition coefficient (Wildman–Crippen LogP) is 1.63. The first kappa shape index (κ1) is 13.6. The largest absolute Gasteiger partial charge is 0.478 e. The fourth-order valence-corrected chi connectivity index (χ4v) is 3.65. The molecule has 1 saturated heterocycles. The molecule has 0 bridgehead atoms. The molecule has 0 aliphatic carbocycles. The fraction of sp³-hybridized carbons (Fsp3) is 0.308. The average molecular weight is 281 g/mol. The van der Waals surface area contributed by atoms with E-state index < -0.39 is 16.0 Å². The van der Waals surface area contributed by atoms with Crippen LogP contribution < -0.4 is 4.31 Å². The predicted molar refractivity (Wildman–Crippen MR) is 73.6 cm³/mol. The Morgan fingerprint density at radius 1 is 1.42 bits per heavy atom. The molecule has 0 aromatic heterocycles. The molecule has 0 atom stereocenters. The van der Waals surface area contributed by atoms with Crippen LogP contribution in [0.4, 0.5) is 5.69 Å². The minimum atomic E-state index is -3.17. The summed E-state index contributed by atoms with van der Waals surface area (Å²) in [4.78, 5) is 10.5. The number of anilines is 1. The first-order valence-corrected chi connectivity index (χ1v) is 7.53. The summed E-state index contributed by atoms with van der Waals surface area (Å²) in [5.41, 5.74) is 2.25. The van der Waals surface area contributed by atoms with E-state index in [1.165, 1.54) is 10.4 Å². The molecule has 1 aliphatic heterocycles. The number of hydrogen-bond donors (Lipinski definition) is 1. The maximum atomic E-state index is 11.8. The SMILES string of the molecule is Cc1cc(N2CCCS2(=O)=O)ccc1/C=C/C(=O)O. The molecule has 6 heteroatoms. The molecule has 1 fully saturated rings. The fourth-order valence-electron chi connectivity index (χ4n) is 2.09. The minimum absolute atomic E-state index is 0.187. The van der Waals surface area contributed by atoms with Gasteiger partial charge in [-0.25, -0.2) is 13.2 Å². The highest BCUT2D eigenvalue weighted by Gasteiger charge is 2.28. The molecule has 19 heavy (non-hydrogen) atoms. The smallest absolute Gasteiger partial charge is 0.328 e. The summed E-state index contributed by atoms with van der Waals surface area (Å²) in [6.45, 7) is 2.33. The summed E-state index contributed by atoms with van der Waals surface area (Å²) in [7, 11) is -3.17. The van der Waals surface area contributed by atoms with Gasteiger partial charge in [-0.05, 0) is 42.7 Å². The van der Waals surface area contributed by atoms with Crippen molar-refractivity contribution in [2.45, 2.75) is 13.3 Å². The number of rotatable bonds is 3. The second-order valence-electron chi connectivity index (χ2n) is 4.45. The summed E-state index contributed by atoms with van der Waals surface area (Å²) in [6.07, 6.45) is 3.20. The van der Waals surface area contributed by atoms with E-state index in [0.717, 1.165) is 17.2 Å². The first-order chi connectivity index (χ1) is 8.90. The van der Waals surface area contributed by atoms with Crippen LogP contribution in [0, 0.1) is 6.92 Å². The third-order valence-corrected chi connectivity index (χ3v) is 4.92. The third-order valence-electron chi connectivity index (χ3n) is 3.05. The van der Waals surface area contributed by atoms with Crippen molar-refractivity contribution < 1.29 is 18.3 Å². The van der Waals surface area contributed by atoms with Gasteiger partial charge in [-0.1, -0.05) is 6.07 Å². The quantitative estimate of drug-likeness (QED) is 0.855. The van der Waals surface area contributed by atoms with Gasteiger partial charge in [0.2, 0.25) is 10.0 Å². The Balaban J connectivity index is 2.32. The maximum Gasteiger partial charge on any atom is 0.328 e. The lowest BCUT2D eigenvalue weighted by Crippen LogP contribution is -2.25. The van der Waals surface area contributed by atoms with Crippen LogP contribution in [0.1, 0.15) is 17.5 Å². The molecular formula is C13H15NO4S. The van der Waals surface area contributed by atoms with Gasteiger partial charge in [-0.3, -0.25) is 4.31 Å². The molecule has 2 rings (SSSR count). The Labute approximate surface area is 112 Å². The van der Waals surface area contributed by atoms with Gasteiger partial charge in [0.15, 0.2) is 0 Å². The van der Waals surface area contributed by atoms with E-state index in [9.17, 15) is 13.2 Å². The molecule has 1 aromatic rings. The van der Waals surface area contributed by atoms with Crippen molar-refractivity contribution >= 4 is 27.8 Å². The number of carboxylic acid groups (broad SMARTS) is 1. The van der Waals surface area contributed by atoms with Crippen LogP contribution in [0.5, 0.6) is 0 Å².